The van der Waals surface area contributed by atoms with Crippen molar-refractivity contribution in [3.63, 3.8) is 0 Å². The van der Waals surface area contributed by atoms with Crippen molar-refractivity contribution in [1.82, 2.24) is 0 Å². The summed E-state index contributed by atoms with van der Waals surface area (Å²) in [5.74, 6) is 1.22. The topological polar surface area (TPSA) is 68.2 Å². The van der Waals surface area contributed by atoms with Crippen molar-refractivity contribution in [2.45, 2.75) is 12.5 Å². The normalized spacial score (nSPS) is 11.9. The van der Waals surface area contributed by atoms with Crippen LogP contribution < -0.4 is 14.4 Å². The average Bonchev–Trinajstić information content (AvgIpc) is 3.24. The van der Waals surface area contributed by atoms with Gasteiger partial charge in [-0.05, 0) is 52.1 Å². The van der Waals surface area contributed by atoms with Gasteiger partial charge in [0.05, 0.1) is 26.5 Å². The lowest BCUT2D eigenvalue weighted by molar-refractivity contribution is 0.149. The van der Waals surface area contributed by atoms with E-state index >= 15 is 0 Å². The standard InChI is InChI=1S/C30H27NO5/c1-34-22-15-16-28(29(17-22)35-2)31(18-20-11-13-21(32)14-12-20)30(33)36-19-27-25-9-5-3-7-23(25)24-8-4-6-10-26(24)27/h3-17,27,32H,18-19H2,1-2H3. The molecule has 0 aliphatic heterocycles. The Morgan fingerprint density at radius 2 is 1.47 bits per heavy atom. The molecule has 0 unspecified atom stereocenters. The van der Waals surface area contributed by atoms with Crippen LogP contribution in [0.1, 0.15) is 22.6 Å². The molecule has 0 saturated heterocycles. The number of rotatable bonds is 7. The Morgan fingerprint density at radius 3 is 2.08 bits per heavy atom. The molecule has 6 nitrogen and oxygen atoms in total. The van der Waals surface area contributed by atoms with Crippen LogP contribution in [0, 0.1) is 0 Å². The van der Waals surface area contributed by atoms with Crippen LogP contribution >= 0.6 is 0 Å². The van der Waals surface area contributed by atoms with Crippen molar-refractivity contribution in [2.75, 3.05) is 25.7 Å². The van der Waals surface area contributed by atoms with Gasteiger partial charge >= 0.3 is 6.09 Å². The van der Waals surface area contributed by atoms with Crippen molar-refractivity contribution in [1.29, 1.82) is 0 Å². The monoisotopic (exact) mass is 481 g/mol. The summed E-state index contributed by atoms with van der Waals surface area (Å²) in [5.41, 5.74) is 6.04. The molecule has 0 spiro atoms. The lowest BCUT2D eigenvalue weighted by Crippen LogP contribution is -2.32. The number of fused-ring (bicyclic) bond motifs is 3. The quantitative estimate of drug-likeness (QED) is 0.332. The van der Waals surface area contributed by atoms with Crippen LogP contribution in [0.5, 0.6) is 17.2 Å². The van der Waals surface area contributed by atoms with Gasteiger partial charge in [0.1, 0.15) is 23.9 Å². The molecule has 1 aliphatic rings. The van der Waals surface area contributed by atoms with Gasteiger partial charge in [0.15, 0.2) is 0 Å². The fourth-order valence-electron chi connectivity index (χ4n) is 4.71. The summed E-state index contributed by atoms with van der Waals surface area (Å²) in [5, 5.41) is 9.68. The first-order valence-corrected chi connectivity index (χ1v) is 11.7. The van der Waals surface area contributed by atoms with Gasteiger partial charge in [-0.3, -0.25) is 4.90 Å². The zero-order valence-corrected chi connectivity index (χ0v) is 20.2. The maximum atomic E-state index is 13.6. The maximum Gasteiger partial charge on any atom is 0.414 e. The van der Waals surface area contributed by atoms with E-state index in [1.807, 2.05) is 24.3 Å². The van der Waals surface area contributed by atoms with Crippen molar-refractivity contribution >= 4 is 11.8 Å². The molecule has 36 heavy (non-hydrogen) atoms. The third-order valence-corrected chi connectivity index (χ3v) is 6.51. The van der Waals surface area contributed by atoms with Crippen LogP contribution in [0.2, 0.25) is 0 Å². The Morgan fingerprint density at radius 1 is 0.833 bits per heavy atom. The Labute approximate surface area is 210 Å². The summed E-state index contributed by atoms with van der Waals surface area (Å²) >= 11 is 0. The van der Waals surface area contributed by atoms with Crippen LogP contribution in [0.15, 0.2) is 91.0 Å². The second kappa shape index (κ2) is 10.0. The van der Waals surface area contributed by atoms with Crippen LogP contribution in [-0.2, 0) is 11.3 Å². The predicted molar refractivity (Wildman–Crippen MR) is 139 cm³/mol. The number of carbonyl (C=O) groups excluding carboxylic acids is 1. The molecule has 0 saturated carbocycles. The largest absolute Gasteiger partial charge is 0.508 e. The summed E-state index contributed by atoms with van der Waals surface area (Å²) in [6.45, 7) is 0.442. The van der Waals surface area contributed by atoms with Crippen LogP contribution in [0.4, 0.5) is 10.5 Å². The molecule has 1 aliphatic carbocycles. The van der Waals surface area contributed by atoms with E-state index in [0.717, 1.165) is 16.7 Å². The molecule has 5 rings (SSSR count). The Bertz CT molecular complexity index is 1340. The van der Waals surface area contributed by atoms with E-state index in [2.05, 4.69) is 24.3 Å². The number of carbonyl (C=O) groups is 1. The molecule has 0 aromatic heterocycles. The van der Waals surface area contributed by atoms with E-state index in [-0.39, 0.29) is 24.8 Å². The first-order chi connectivity index (χ1) is 17.6. The number of amides is 1. The number of methoxy groups -OCH3 is 2. The minimum Gasteiger partial charge on any atom is -0.508 e. The van der Waals surface area contributed by atoms with E-state index in [0.29, 0.717) is 17.2 Å². The number of benzene rings is 4. The second-order valence-electron chi connectivity index (χ2n) is 8.59. The van der Waals surface area contributed by atoms with Crippen molar-refractivity contribution in [3.05, 3.63) is 108 Å². The number of hydrogen-bond donors (Lipinski definition) is 1. The highest BCUT2D eigenvalue weighted by atomic mass is 16.6. The molecule has 0 fully saturated rings. The summed E-state index contributed by atoms with van der Waals surface area (Å²) in [4.78, 5) is 15.1. The Hall–Kier alpha value is -4.45. The molecule has 1 amide bonds. The maximum absolute atomic E-state index is 13.6. The highest BCUT2D eigenvalue weighted by molar-refractivity contribution is 5.90. The number of hydrogen-bond acceptors (Lipinski definition) is 5. The van der Waals surface area contributed by atoms with Crippen molar-refractivity contribution in [2.24, 2.45) is 0 Å². The van der Waals surface area contributed by atoms with E-state index < -0.39 is 6.09 Å². The number of nitrogens with zero attached hydrogens (tertiary/aromatic N) is 1. The first kappa shape index (κ1) is 23.3. The van der Waals surface area contributed by atoms with Crippen molar-refractivity contribution < 1.29 is 24.1 Å². The highest BCUT2D eigenvalue weighted by Gasteiger charge is 2.30. The van der Waals surface area contributed by atoms with E-state index in [4.69, 9.17) is 14.2 Å². The van der Waals surface area contributed by atoms with Gasteiger partial charge in [-0.15, -0.1) is 0 Å². The van der Waals surface area contributed by atoms with Gasteiger partial charge in [0, 0.05) is 12.0 Å². The van der Waals surface area contributed by atoms with E-state index in [1.165, 1.54) is 16.0 Å². The summed E-state index contributed by atoms with van der Waals surface area (Å²) in [6.07, 6.45) is -0.492. The zero-order valence-electron chi connectivity index (χ0n) is 20.2. The minimum absolute atomic E-state index is 0.0466. The second-order valence-corrected chi connectivity index (χ2v) is 8.59. The van der Waals surface area contributed by atoms with Gasteiger partial charge < -0.3 is 19.3 Å². The van der Waals surface area contributed by atoms with Gasteiger partial charge in [0.25, 0.3) is 0 Å². The van der Waals surface area contributed by atoms with Crippen LogP contribution in [0.3, 0.4) is 0 Å². The van der Waals surface area contributed by atoms with Gasteiger partial charge in [0.2, 0.25) is 0 Å². The molecule has 182 valence electrons. The molecule has 4 aromatic carbocycles. The molecule has 0 bridgehead atoms. The molecule has 0 atom stereocenters. The third-order valence-electron chi connectivity index (χ3n) is 6.51. The smallest absolute Gasteiger partial charge is 0.414 e. The summed E-state index contributed by atoms with van der Waals surface area (Å²) in [6, 6.07) is 28.5. The van der Waals surface area contributed by atoms with Crippen LogP contribution in [0.25, 0.3) is 11.1 Å². The Kier molecular flexibility index (Phi) is 6.50. The number of phenols is 1. The lowest BCUT2D eigenvalue weighted by Gasteiger charge is -2.25. The molecular weight excluding hydrogens is 454 g/mol. The molecule has 0 heterocycles. The number of anilines is 1. The molecule has 0 radical (unpaired) electrons. The molecule has 1 N–H and O–H groups in total. The lowest BCUT2D eigenvalue weighted by atomic mass is 9.98. The number of ether oxygens (including phenoxy) is 3. The van der Waals surface area contributed by atoms with Gasteiger partial charge in [-0.1, -0.05) is 60.7 Å². The van der Waals surface area contributed by atoms with Crippen molar-refractivity contribution in [3.8, 4) is 28.4 Å². The third kappa shape index (κ3) is 4.45. The number of aromatic hydroxyl groups is 1. The summed E-state index contributed by atoms with van der Waals surface area (Å²) in [7, 11) is 3.13. The van der Waals surface area contributed by atoms with Gasteiger partial charge in [-0.25, -0.2) is 4.79 Å². The molecule has 6 heteroatoms. The number of phenolic OH excluding ortho intramolecular Hbond substituents is 1. The molecule has 4 aromatic rings. The average molecular weight is 482 g/mol. The predicted octanol–water partition coefficient (Wildman–Crippen LogP) is 6.37. The summed E-state index contributed by atoms with van der Waals surface area (Å²) < 4.78 is 16.9. The fraction of sp³-hybridized carbons (Fsp3) is 0.167. The minimum atomic E-state index is -0.492. The van der Waals surface area contributed by atoms with E-state index in [9.17, 15) is 9.90 Å². The zero-order chi connectivity index (χ0) is 25.1. The fourth-order valence-corrected chi connectivity index (χ4v) is 4.71. The van der Waals surface area contributed by atoms with Gasteiger partial charge in [-0.2, -0.15) is 0 Å². The Balaban J connectivity index is 1.44. The van der Waals surface area contributed by atoms with Crippen LogP contribution in [-0.4, -0.2) is 32.0 Å². The SMILES string of the molecule is COc1ccc(N(Cc2ccc(O)cc2)C(=O)OCC2c3ccccc3-c3ccccc32)c(OC)c1. The molecular formula is C30H27NO5. The first-order valence-electron chi connectivity index (χ1n) is 11.7. The van der Waals surface area contributed by atoms with E-state index in [1.54, 1.807) is 56.7 Å². The highest BCUT2D eigenvalue weighted by Crippen LogP contribution is 2.44.